The smallest absolute Gasteiger partial charge is 0.414 e. The number of rotatable bonds is 3. The number of carbonyl (C=O) groups is 2. The highest BCUT2D eigenvalue weighted by Crippen LogP contribution is 2.28. The third-order valence-electron chi connectivity index (χ3n) is 3.20. The van der Waals surface area contributed by atoms with Crippen molar-refractivity contribution in [2.45, 2.75) is 13.0 Å². The van der Waals surface area contributed by atoms with E-state index < -0.39 is 18.0 Å². The van der Waals surface area contributed by atoms with Crippen LogP contribution in [0.4, 0.5) is 10.5 Å². The minimum Gasteiger partial charge on any atom is -0.452 e. The third-order valence-corrected chi connectivity index (χ3v) is 3.20. The molecule has 0 saturated carbocycles. The number of fused-ring (bicyclic) bond motifs is 1. The molecule has 5 heteroatoms. The van der Waals surface area contributed by atoms with E-state index in [9.17, 15) is 9.59 Å². The van der Waals surface area contributed by atoms with Crippen LogP contribution in [0, 0.1) is 0 Å². The first-order valence-electron chi connectivity index (χ1n) is 6.20. The molecule has 2 aromatic carbocycles. The lowest BCUT2D eigenvalue weighted by Crippen LogP contribution is -2.46. The highest BCUT2D eigenvalue weighted by Gasteiger charge is 2.27. The average Bonchev–Trinajstić information content (AvgIpc) is 2.47. The lowest BCUT2D eigenvalue weighted by atomic mass is 10.1. The molecule has 0 aliphatic rings. The lowest BCUT2D eigenvalue weighted by molar-refractivity contribution is -0.118. The highest BCUT2D eigenvalue weighted by molar-refractivity contribution is 6.05. The van der Waals surface area contributed by atoms with Gasteiger partial charge in [0.25, 0.3) is 0 Å². The fourth-order valence-corrected chi connectivity index (χ4v) is 2.11. The summed E-state index contributed by atoms with van der Waals surface area (Å²) in [7, 11) is 1.27. The predicted octanol–water partition coefficient (Wildman–Crippen LogP) is 2.29. The van der Waals surface area contributed by atoms with E-state index in [4.69, 9.17) is 10.5 Å². The van der Waals surface area contributed by atoms with E-state index in [-0.39, 0.29) is 0 Å². The van der Waals surface area contributed by atoms with E-state index in [2.05, 4.69) is 0 Å². The summed E-state index contributed by atoms with van der Waals surface area (Å²) in [5.74, 6) is -0.594. The first-order chi connectivity index (χ1) is 9.56. The van der Waals surface area contributed by atoms with Gasteiger partial charge in [-0.3, -0.25) is 9.69 Å². The Bertz CT molecular complexity index is 649. The first kappa shape index (κ1) is 13.9. The molecule has 5 nitrogen and oxygen atoms in total. The van der Waals surface area contributed by atoms with Crippen LogP contribution in [0.2, 0.25) is 0 Å². The topological polar surface area (TPSA) is 72.6 Å². The third kappa shape index (κ3) is 2.42. The summed E-state index contributed by atoms with van der Waals surface area (Å²) in [6.45, 7) is 1.57. The Morgan fingerprint density at radius 2 is 1.80 bits per heavy atom. The van der Waals surface area contributed by atoms with Crippen molar-refractivity contribution in [2.75, 3.05) is 12.0 Å². The van der Waals surface area contributed by atoms with Crippen LogP contribution in [-0.4, -0.2) is 25.2 Å². The molecule has 0 radical (unpaired) electrons. The maximum atomic E-state index is 12.0. The second-order valence-corrected chi connectivity index (χ2v) is 4.42. The van der Waals surface area contributed by atoms with Crippen LogP contribution in [0.25, 0.3) is 10.8 Å². The standard InChI is InChI=1S/C15H16N2O3/c1-10(14(16)18)17(15(19)20-2)13-9-5-7-11-6-3-4-8-12(11)13/h3-10H,1-2H3,(H2,16,18). The molecule has 0 bridgehead atoms. The second kappa shape index (κ2) is 5.61. The Morgan fingerprint density at radius 3 is 2.45 bits per heavy atom. The molecule has 0 aromatic heterocycles. The SMILES string of the molecule is COC(=O)N(c1cccc2ccccc12)C(C)C(N)=O. The minimum atomic E-state index is -0.798. The van der Waals surface area contributed by atoms with Crippen molar-refractivity contribution in [1.29, 1.82) is 0 Å². The summed E-state index contributed by atoms with van der Waals surface area (Å²) in [5.41, 5.74) is 5.92. The molecule has 1 unspecified atom stereocenters. The average molecular weight is 272 g/mol. The molecule has 1 atom stereocenters. The fraction of sp³-hybridized carbons (Fsp3) is 0.200. The predicted molar refractivity (Wildman–Crippen MR) is 77.5 cm³/mol. The van der Waals surface area contributed by atoms with Crippen molar-refractivity contribution in [1.82, 2.24) is 0 Å². The van der Waals surface area contributed by atoms with Gasteiger partial charge in [-0.2, -0.15) is 0 Å². The van der Waals surface area contributed by atoms with Crippen molar-refractivity contribution in [3.63, 3.8) is 0 Å². The van der Waals surface area contributed by atoms with Gasteiger partial charge in [-0.05, 0) is 18.4 Å². The van der Waals surface area contributed by atoms with E-state index in [1.807, 2.05) is 36.4 Å². The Labute approximate surface area is 116 Å². The molecule has 0 spiro atoms. The van der Waals surface area contributed by atoms with Crippen LogP contribution in [-0.2, 0) is 9.53 Å². The van der Waals surface area contributed by atoms with E-state index >= 15 is 0 Å². The molecular weight excluding hydrogens is 256 g/mol. The first-order valence-corrected chi connectivity index (χ1v) is 6.20. The van der Waals surface area contributed by atoms with Gasteiger partial charge in [0.05, 0.1) is 12.8 Å². The van der Waals surface area contributed by atoms with Crippen LogP contribution in [0.5, 0.6) is 0 Å². The molecule has 2 rings (SSSR count). The maximum Gasteiger partial charge on any atom is 0.414 e. The van der Waals surface area contributed by atoms with E-state index in [0.717, 1.165) is 10.8 Å². The Balaban J connectivity index is 2.62. The molecule has 0 heterocycles. The van der Waals surface area contributed by atoms with Crippen LogP contribution in [0.3, 0.4) is 0 Å². The maximum absolute atomic E-state index is 12.0. The van der Waals surface area contributed by atoms with Gasteiger partial charge in [0.1, 0.15) is 6.04 Å². The molecule has 2 N–H and O–H groups in total. The molecule has 0 aliphatic carbocycles. The zero-order valence-electron chi connectivity index (χ0n) is 11.4. The molecule has 0 fully saturated rings. The second-order valence-electron chi connectivity index (χ2n) is 4.42. The Hall–Kier alpha value is -2.56. The number of ether oxygens (including phenoxy) is 1. The van der Waals surface area contributed by atoms with Crippen molar-refractivity contribution < 1.29 is 14.3 Å². The molecule has 0 aliphatic heterocycles. The minimum absolute atomic E-state index is 0.594. The monoisotopic (exact) mass is 272 g/mol. The fourth-order valence-electron chi connectivity index (χ4n) is 2.11. The zero-order valence-corrected chi connectivity index (χ0v) is 11.4. The van der Waals surface area contributed by atoms with E-state index in [1.54, 1.807) is 13.0 Å². The van der Waals surface area contributed by atoms with Crippen molar-refractivity contribution in [3.05, 3.63) is 42.5 Å². The van der Waals surface area contributed by atoms with E-state index in [1.165, 1.54) is 12.0 Å². The zero-order chi connectivity index (χ0) is 14.7. The number of methoxy groups -OCH3 is 1. The number of amides is 2. The normalized spacial score (nSPS) is 11.9. The van der Waals surface area contributed by atoms with Crippen molar-refractivity contribution >= 4 is 28.5 Å². The quantitative estimate of drug-likeness (QED) is 0.931. The summed E-state index contributed by atoms with van der Waals surface area (Å²) in [5, 5.41) is 1.82. The van der Waals surface area contributed by atoms with Crippen LogP contribution in [0.15, 0.2) is 42.5 Å². The summed E-state index contributed by atoms with van der Waals surface area (Å²) in [4.78, 5) is 24.7. The van der Waals surface area contributed by atoms with Gasteiger partial charge >= 0.3 is 6.09 Å². The number of anilines is 1. The van der Waals surface area contributed by atoms with Crippen molar-refractivity contribution in [2.24, 2.45) is 5.73 Å². The van der Waals surface area contributed by atoms with Gasteiger partial charge in [-0.25, -0.2) is 4.79 Å². The molecule has 2 aromatic rings. The van der Waals surface area contributed by atoms with Crippen LogP contribution < -0.4 is 10.6 Å². The summed E-state index contributed by atoms with van der Waals surface area (Å²) >= 11 is 0. The number of hydrogen-bond donors (Lipinski definition) is 1. The number of carbonyl (C=O) groups excluding carboxylic acids is 2. The number of hydrogen-bond acceptors (Lipinski definition) is 3. The van der Waals surface area contributed by atoms with Gasteiger partial charge in [-0.1, -0.05) is 36.4 Å². The molecule has 2 amide bonds. The van der Waals surface area contributed by atoms with E-state index in [0.29, 0.717) is 5.69 Å². The van der Waals surface area contributed by atoms with Gasteiger partial charge in [0.2, 0.25) is 5.91 Å². The van der Waals surface area contributed by atoms with Gasteiger partial charge in [0, 0.05) is 5.39 Å². The molecule has 20 heavy (non-hydrogen) atoms. The number of benzene rings is 2. The number of primary amides is 1. The van der Waals surface area contributed by atoms with Gasteiger partial charge in [0.15, 0.2) is 0 Å². The molecule has 0 saturated heterocycles. The molecular formula is C15H16N2O3. The summed E-state index contributed by atoms with van der Waals surface area (Å²) in [6.07, 6.45) is -0.618. The van der Waals surface area contributed by atoms with Crippen LogP contribution >= 0.6 is 0 Å². The number of nitrogens with two attached hydrogens (primary N) is 1. The largest absolute Gasteiger partial charge is 0.452 e. The lowest BCUT2D eigenvalue weighted by Gasteiger charge is -2.26. The van der Waals surface area contributed by atoms with Gasteiger partial charge in [-0.15, -0.1) is 0 Å². The van der Waals surface area contributed by atoms with Gasteiger partial charge < -0.3 is 10.5 Å². The summed E-state index contributed by atoms with van der Waals surface area (Å²) in [6, 6.07) is 12.3. The molecule has 104 valence electrons. The highest BCUT2D eigenvalue weighted by atomic mass is 16.5. The number of nitrogens with zero attached hydrogens (tertiary/aromatic N) is 1. The Kier molecular flexibility index (Phi) is 3.89. The Morgan fingerprint density at radius 1 is 1.15 bits per heavy atom. The van der Waals surface area contributed by atoms with Crippen LogP contribution in [0.1, 0.15) is 6.92 Å². The van der Waals surface area contributed by atoms with Crippen molar-refractivity contribution in [3.8, 4) is 0 Å². The summed E-state index contributed by atoms with van der Waals surface area (Å²) < 4.78 is 4.77.